The quantitative estimate of drug-likeness (QED) is 0.331. The molecule has 107 valence electrons. The Balaban J connectivity index is 0.000000396. The van der Waals surface area contributed by atoms with Crippen LogP contribution in [-0.2, 0) is 20.1 Å². The first-order chi connectivity index (χ1) is 9.09. The van der Waals surface area contributed by atoms with Gasteiger partial charge in [-0.05, 0) is 18.7 Å². The van der Waals surface area contributed by atoms with Crippen LogP contribution in [0.1, 0.15) is 13.8 Å². The van der Waals surface area contributed by atoms with Crippen LogP contribution in [0.5, 0.6) is 0 Å². The zero-order valence-corrected chi connectivity index (χ0v) is 13.8. The number of aliphatic hydroxyl groups is 1. The van der Waals surface area contributed by atoms with E-state index >= 15 is 0 Å². The summed E-state index contributed by atoms with van der Waals surface area (Å²) in [6, 6.07) is 16.8. The summed E-state index contributed by atoms with van der Waals surface area (Å²) in [5, 5.41) is 8.40. The van der Waals surface area contributed by atoms with Crippen molar-refractivity contribution in [3.05, 3.63) is 66.6 Å². The summed E-state index contributed by atoms with van der Waals surface area (Å²) in [4.78, 5) is 12.6. The van der Waals surface area contributed by atoms with Gasteiger partial charge in [0.1, 0.15) is 0 Å². The molecule has 0 fully saturated rings. The largest absolute Gasteiger partial charge is 0.512 e. The molecule has 3 nitrogen and oxygen atoms in total. The van der Waals surface area contributed by atoms with Gasteiger partial charge < -0.3 is 10.1 Å². The van der Waals surface area contributed by atoms with E-state index in [2.05, 4.69) is 11.1 Å². The molecule has 0 amide bonds. The van der Waals surface area contributed by atoms with Crippen molar-refractivity contribution in [3.63, 3.8) is 0 Å². The monoisotopic (exact) mass is 448 g/mol. The second-order valence-corrected chi connectivity index (χ2v) is 3.92. The van der Waals surface area contributed by atoms with Gasteiger partial charge in [0, 0.05) is 26.3 Å². The predicted molar refractivity (Wildman–Crippen MR) is 77.5 cm³/mol. The zero-order chi connectivity index (χ0) is 14.1. The Morgan fingerprint density at radius 2 is 1.90 bits per heavy atom. The Kier molecular flexibility index (Phi) is 9.18. The number of benzene rings is 1. The number of ketones is 1. The van der Waals surface area contributed by atoms with Crippen LogP contribution in [0.4, 0.5) is 0 Å². The van der Waals surface area contributed by atoms with E-state index in [1.54, 1.807) is 6.20 Å². The average molecular weight is 448 g/mol. The number of aliphatic hydroxyl groups excluding tert-OH is 1. The Labute approximate surface area is 132 Å². The summed E-state index contributed by atoms with van der Waals surface area (Å²) >= 11 is 0. The summed E-state index contributed by atoms with van der Waals surface area (Å²) in [5.74, 6) is 0.250. The predicted octanol–water partition coefficient (Wildman–Crippen LogP) is 3.56. The van der Waals surface area contributed by atoms with E-state index in [1.807, 2.05) is 42.5 Å². The number of allylic oxidation sites excluding steroid dienone is 2. The molecule has 1 aromatic heterocycles. The zero-order valence-electron chi connectivity index (χ0n) is 11.4. The van der Waals surface area contributed by atoms with Crippen molar-refractivity contribution in [2.75, 3.05) is 0 Å². The molecule has 0 aliphatic rings. The molecule has 2 aromatic rings. The summed E-state index contributed by atoms with van der Waals surface area (Å²) in [6.07, 6.45) is 3.07. The van der Waals surface area contributed by atoms with E-state index in [0.29, 0.717) is 0 Å². The fourth-order valence-electron chi connectivity index (χ4n) is 1.38. The maximum Gasteiger partial charge on any atom is 0.316 e. The minimum absolute atomic E-state index is 0. The fourth-order valence-corrected chi connectivity index (χ4v) is 1.38. The minimum Gasteiger partial charge on any atom is -0.512 e. The second kappa shape index (κ2) is 10.1. The molecule has 0 atom stereocenters. The van der Waals surface area contributed by atoms with Crippen LogP contribution in [0.25, 0.3) is 11.3 Å². The summed E-state index contributed by atoms with van der Waals surface area (Å²) in [7, 11) is 0. The number of hydrogen-bond acceptors (Lipinski definition) is 2. The molecule has 0 saturated carbocycles. The number of pyridine rings is 1. The van der Waals surface area contributed by atoms with Crippen LogP contribution in [0.3, 0.4) is 0 Å². The van der Waals surface area contributed by atoms with Crippen molar-refractivity contribution < 1.29 is 30.0 Å². The van der Waals surface area contributed by atoms with Crippen LogP contribution < -0.4 is 0 Å². The molecule has 0 aliphatic heterocycles. The molecule has 1 aromatic carbocycles. The van der Waals surface area contributed by atoms with Gasteiger partial charge in [0.05, 0.1) is 18.8 Å². The molecular weight excluding hydrogens is 430 g/mol. The van der Waals surface area contributed by atoms with Crippen molar-refractivity contribution in [1.82, 2.24) is 4.98 Å². The smallest absolute Gasteiger partial charge is 0.316 e. The topological polar surface area (TPSA) is 54.5 Å². The summed E-state index contributed by atoms with van der Waals surface area (Å²) in [5.41, 5.74) is 2.01. The Bertz CT molecular complexity index is 497. The van der Waals surface area contributed by atoms with E-state index in [4.69, 9.17) is 9.90 Å². The molecule has 2 rings (SSSR count). The van der Waals surface area contributed by atoms with E-state index in [0.717, 1.165) is 11.3 Å². The summed E-state index contributed by atoms with van der Waals surface area (Å²) in [6.45, 7) is 3.00. The third-order valence-electron chi connectivity index (χ3n) is 2.07. The number of rotatable bonds is 2. The molecule has 1 radical (unpaired) electrons. The van der Waals surface area contributed by atoms with E-state index < -0.39 is 0 Å². The van der Waals surface area contributed by atoms with Crippen LogP contribution in [0.2, 0.25) is 0 Å². The van der Waals surface area contributed by atoms with Crippen molar-refractivity contribution in [3.8, 4) is 11.3 Å². The Morgan fingerprint density at radius 1 is 1.20 bits per heavy atom. The van der Waals surface area contributed by atoms with E-state index in [-0.39, 0.29) is 31.6 Å². The van der Waals surface area contributed by atoms with Crippen molar-refractivity contribution >= 4 is 5.78 Å². The van der Waals surface area contributed by atoms with Gasteiger partial charge in [-0.15, -0.1) is 35.9 Å². The molecule has 20 heavy (non-hydrogen) atoms. The van der Waals surface area contributed by atoms with Crippen LogP contribution in [-0.4, -0.2) is 20.7 Å². The average Bonchev–Trinajstić information content (AvgIpc) is 2.40. The van der Waals surface area contributed by atoms with E-state index in [9.17, 15) is 0 Å². The van der Waals surface area contributed by atoms with Gasteiger partial charge in [-0.25, -0.2) is 0 Å². The molecule has 0 aliphatic carbocycles. The standard InChI is InChI=1S/C11H8N.C5H8O2.Ir/c1-2-6-10(7-3-1)11-8-4-5-9-12-11;1-4(6)3-5(2)7;/h1-6,8-9H;3,6H,1-2H3;/q-1;;/p+1/b;4-3-;. The second-order valence-electron chi connectivity index (χ2n) is 3.92. The number of hydrogen-bond donors (Lipinski definition) is 1. The molecule has 2 N–H and O–H groups in total. The molecule has 1 heterocycles. The number of nitrogens with zero attached hydrogens (tertiary/aromatic N) is 1. The molecule has 0 saturated heterocycles. The van der Waals surface area contributed by atoms with Gasteiger partial charge in [0.2, 0.25) is 0 Å². The fraction of sp³-hybridized carbons (Fsp3) is 0.125. The first-order valence-electron chi connectivity index (χ1n) is 5.87. The van der Waals surface area contributed by atoms with Crippen LogP contribution >= 0.6 is 0 Å². The normalized spacial score (nSPS) is 9.80. The van der Waals surface area contributed by atoms with Gasteiger partial charge >= 0.3 is 5.78 Å². The van der Waals surface area contributed by atoms with Gasteiger partial charge in [-0.3, -0.25) is 4.79 Å². The van der Waals surface area contributed by atoms with Crippen LogP contribution in [0, 0.1) is 6.07 Å². The van der Waals surface area contributed by atoms with Gasteiger partial charge in [-0.1, -0.05) is 12.1 Å². The Hall–Kier alpha value is -1.77. The van der Waals surface area contributed by atoms with Crippen molar-refractivity contribution in [1.29, 1.82) is 0 Å². The third-order valence-corrected chi connectivity index (χ3v) is 2.07. The van der Waals surface area contributed by atoms with Crippen molar-refractivity contribution in [2.24, 2.45) is 0 Å². The van der Waals surface area contributed by atoms with Crippen molar-refractivity contribution in [2.45, 2.75) is 13.8 Å². The minimum atomic E-state index is 0. The maximum absolute atomic E-state index is 8.40. The molecule has 0 bridgehead atoms. The number of carbonyl (C=O) groups excluding carboxylic acids is 1. The van der Waals surface area contributed by atoms with Gasteiger partial charge in [0.25, 0.3) is 0 Å². The maximum atomic E-state index is 8.40. The number of aromatic nitrogens is 1. The van der Waals surface area contributed by atoms with Gasteiger partial charge in [-0.2, -0.15) is 0 Å². The molecule has 0 spiro atoms. The molecule has 0 unspecified atom stereocenters. The Morgan fingerprint density at radius 3 is 2.30 bits per heavy atom. The van der Waals surface area contributed by atoms with Gasteiger partial charge in [0.15, 0.2) is 0 Å². The molecular formula is C16H17IrNO2. The molecule has 4 heteroatoms. The van der Waals surface area contributed by atoms with Crippen LogP contribution in [0.15, 0.2) is 60.5 Å². The van der Waals surface area contributed by atoms with E-state index in [1.165, 1.54) is 19.9 Å². The first kappa shape index (κ1) is 18.2. The SMILES string of the molecule is CC(=[OH+])/C=C(/C)O.[Ir].[c-]1ccccc1-c1ccccn1. The third kappa shape index (κ3) is 7.62. The summed E-state index contributed by atoms with van der Waals surface area (Å²) < 4.78 is 0. The first-order valence-corrected chi connectivity index (χ1v) is 5.87.